The molecule has 0 aromatic rings. The van der Waals surface area contributed by atoms with Gasteiger partial charge >= 0.3 is 0 Å². The molecular weight excluding hydrogens is 214 g/mol. The molecule has 0 amide bonds. The second-order valence-corrected chi connectivity index (χ2v) is 6.15. The van der Waals surface area contributed by atoms with Gasteiger partial charge in [-0.3, -0.25) is 0 Å². The third-order valence-electron chi connectivity index (χ3n) is 3.09. The first-order valence-corrected chi connectivity index (χ1v) is 7.17. The number of methoxy groups -OCH3 is 1. The summed E-state index contributed by atoms with van der Waals surface area (Å²) in [6.45, 7) is 3.82. The first-order valence-electron chi connectivity index (χ1n) is 5.57. The average molecular weight is 235 g/mol. The van der Waals surface area contributed by atoms with Crippen LogP contribution in [0, 0.1) is 5.92 Å². The molecule has 1 rings (SSSR count). The highest BCUT2D eigenvalue weighted by atomic mass is 32.2. The fraction of sp³-hybridized carbons (Fsp3) is 1.00. The van der Waals surface area contributed by atoms with Crippen molar-refractivity contribution in [3.8, 4) is 0 Å². The number of nitrogens with zero attached hydrogens (tertiary/aromatic N) is 1. The van der Waals surface area contributed by atoms with Crippen molar-refractivity contribution in [2.24, 2.45) is 5.92 Å². The molecule has 1 aliphatic rings. The fourth-order valence-electron chi connectivity index (χ4n) is 1.91. The van der Waals surface area contributed by atoms with Crippen molar-refractivity contribution in [1.82, 2.24) is 4.31 Å². The van der Waals surface area contributed by atoms with Crippen LogP contribution >= 0.6 is 0 Å². The molecule has 0 aromatic heterocycles. The Labute approximate surface area is 92.7 Å². The summed E-state index contributed by atoms with van der Waals surface area (Å²) in [5.41, 5.74) is 0. The highest BCUT2D eigenvalue weighted by molar-refractivity contribution is 7.89. The maximum atomic E-state index is 11.8. The number of hydrogen-bond acceptors (Lipinski definition) is 3. The van der Waals surface area contributed by atoms with Crippen LogP contribution in [-0.4, -0.2) is 45.3 Å². The third-order valence-corrected chi connectivity index (χ3v) is 4.92. The molecule has 1 heterocycles. The van der Waals surface area contributed by atoms with Gasteiger partial charge in [0.1, 0.15) is 0 Å². The highest BCUT2D eigenvalue weighted by Gasteiger charge is 2.26. The van der Waals surface area contributed by atoms with Crippen molar-refractivity contribution < 1.29 is 13.2 Å². The molecule has 15 heavy (non-hydrogen) atoms. The summed E-state index contributed by atoms with van der Waals surface area (Å²) < 4.78 is 30.0. The Bertz CT molecular complexity index is 268. The molecule has 1 aliphatic heterocycles. The van der Waals surface area contributed by atoms with E-state index in [9.17, 15) is 8.42 Å². The maximum absolute atomic E-state index is 11.8. The zero-order chi connectivity index (χ0) is 11.3. The molecule has 1 saturated heterocycles. The van der Waals surface area contributed by atoms with Crippen LogP contribution < -0.4 is 0 Å². The van der Waals surface area contributed by atoms with Crippen LogP contribution in [0.25, 0.3) is 0 Å². The van der Waals surface area contributed by atoms with Gasteiger partial charge in [-0.1, -0.05) is 13.3 Å². The molecule has 0 unspecified atom stereocenters. The van der Waals surface area contributed by atoms with E-state index in [0.29, 0.717) is 19.0 Å². The summed E-state index contributed by atoms with van der Waals surface area (Å²) in [6.07, 6.45) is 3.16. The van der Waals surface area contributed by atoms with E-state index in [1.165, 1.54) is 7.11 Å². The van der Waals surface area contributed by atoms with Gasteiger partial charge in [-0.2, -0.15) is 0 Å². The van der Waals surface area contributed by atoms with Crippen LogP contribution in [0.4, 0.5) is 0 Å². The lowest BCUT2D eigenvalue weighted by molar-refractivity contribution is 0.213. The standard InChI is InChI=1S/C10H21NO3S/c1-3-10-4-6-11(7-5-10)15(12,13)9-8-14-2/h10H,3-9H2,1-2H3. The van der Waals surface area contributed by atoms with Crippen molar-refractivity contribution in [2.75, 3.05) is 32.6 Å². The van der Waals surface area contributed by atoms with Gasteiger partial charge in [0.15, 0.2) is 0 Å². The molecule has 90 valence electrons. The van der Waals surface area contributed by atoms with E-state index >= 15 is 0 Å². The molecule has 0 atom stereocenters. The Morgan fingerprint density at radius 1 is 1.33 bits per heavy atom. The van der Waals surface area contributed by atoms with Crippen LogP contribution in [0.5, 0.6) is 0 Å². The molecular formula is C10H21NO3S. The molecule has 5 heteroatoms. The van der Waals surface area contributed by atoms with Crippen molar-refractivity contribution in [1.29, 1.82) is 0 Å². The molecule has 1 fully saturated rings. The molecule has 0 N–H and O–H groups in total. The van der Waals surface area contributed by atoms with Crippen LogP contribution in [0.2, 0.25) is 0 Å². The Kier molecular flexibility index (Phi) is 5.02. The summed E-state index contributed by atoms with van der Waals surface area (Å²) >= 11 is 0. The SMILES string of the molecule is CCC1CCN(S(=O)(=O)CCOC)CC1. The van der Waals surface area contributed by atoms with E-state index in [1.807, 2.05) is 0 Å². The lowest BCUT2D eigenvalue weighted by atomic mass is 9.96. The van der Waals surface area contributed by atoms with Gasteiger partial charge in [0, 0.05) is 20.2 Å². The highest BCUT2D eigenvalue weighted by Crippen LogP contribution is 2.21. The van der Waals surface area contributed by atoms with Crippen molar-refractivity contribution >= 4 is 10.0 Å². The van der Waals surface area contributed by atoms with Gasteiger partial charge in [0.2, 0.25) is 10.0 Å². The Morgan fingerprint density at radius 3 is 2.40 bits per heavy atom. The van der Waals surface area contributed by atoms with Crippen molar-refractivity contribution in [3.05, 3.63) is 0 Å². The second-order valence-electron chi connectivity index (χ2n) is 4.06. The van der Waals surface area contributed by atoms with Crippen LogP contribution in [-0.2, 0) is 14.8 Å². The summed E-state index contributed by atoms with van der Waals surface area (Å²) in [7, 11) is -1.54. The lowest BCUT2D eigenvalue weighted by Gasteiger charge is -2.30. The number of rotatable bonds is 5. The van der Waals surface area contributed by atoms with Crippen LogP contribution in [0.15, 0.2) is 0 Å². The molecule has 0 spiro atoms. The smallest absolute Gasteiger partial charge is 0.216 e. The molecule has 0 saturated carbocycles. The number of ether oxygens (including phenoxy) is 1. The van der Waals surface area contributed by atoms with Crippen molar-refractivity contribution in [3.63, 3.8) is 0 Å². The average Bonchev–Trinajstić information content (AvgIpc) is 2.26. The van der Waals surface area contributed by atoms with Gasteiger partial charge in [-0.05, 0) is 18.8 Å². The van der Waals surface area contributed by atoms with E-state index in [0.717, 1.165) is 19.3 Å². The van der Waals surface area contributed by atoms with Crippen molar-refractivity contribution in [2.45, 2.75) is 26.2 Å². The fourth-order valence-corrected chi connectivity index (χ4v) is 3.32. The van der Waals surface area contributed by atoms with Gasteiger partial charge in [0.25, 0.3) is 0 Å². The predicted molar refractivity (Wildman–Crippen MR) is 60.3 cm³/mol. The van der Waals surface area contributed by atoms with Gasteiger partial charge in [0.05, 0.1) is 12.4 Å². The molecule has 0 bridgehead atoms. The van der Waals surface area contributed by atoms with Crippen LogP contribution in [0.3, 0.4) is 0 Å². The molecule has 0 aliphatic carbocycles. The Balaban J connectivity index is 2.45. The first-order chi connectivity index (χ1) is 7.10. The summed E-state index contributed by atoms with van der Waals surface area (Å²) in [4.78, 5) is 0. The third kappa shape index (κ3) is 3.74. The predicted octanol–water partition coefficient (Wildman–Crippen LogP) is 1.08. The topological polar surface area (TPSA) is 46.6 Å². The molecule has 0 aromatic carbocycles. The number of sulfonamides is 1. The second kappa shape index (κ2) is 5.82. The number of piperidine rings is 1. The zero-order valence-electron chi connectivity index (χ0n) is 9.61. The first kappa shape index (κ1) is 12.9. The summed E-state index contributed by atoms with van der Waals surface area (Å²) in [5.74, 6) is 0.819. The maximum Gasteiger partial charge on any atom is 0.216 e. The van der Waals surface area contributed by atoms with Gasteiger partial charge < -0.3 is 4.74 Å². The van der Waals surface area contributed by atoms with E-state index in [2.05, 4.69) is 6.92 Å². The largest absolute Gasteiger partial charge is 0.384 e. The van der Waals surface area contributed by atoms with Crippen LogP contribution in [0.1, 0.15) is 26.2 Å². The number of hydrogen-bond donors (Lipinski definition) is 0. The van der Waals surface area contributed by atoms with E-state index in [-0.39, 0.29) is 12.4 Å². The quantitative estimate of drug-likeness (QED) is 0.716. The lowest BCUT2D eigenvalue weighted by Crippen LogP contribution is -2.40. The summed E-state index contributed by atoms with van der Waals surface area (Å²) in [5, 5.41) is 0. The molecule has 0 radical (unpaired) electrons. The Hall–Kier alpha value is -0.130. The van der Waals surface area contributed by atoms with E-state index in [4.69, 9.17) is 4.74 Å². The minimum Gasteiger partial charge on any atom is -0.384 e. The van der Waals surface area contributed by atoms with E-state index < -0.39 is 10.0 Å². The normalized spacial score (nSPS) is 20.7. The van der Waals surface area contributed by atoms with E-state index in [1.54, 1.807) is 4.31 Å². The van der Waals surface area contributed by atoms with Gasteiger partial charge in [-0.15, -0.1) is 0 Å². The Morgan fingerprint density at radius 2 is 1.93 bits per heavy atom. The monoisotopic (exact) mass is 235 g/mol. The molecule has 4 nitrogen and oxygen atoms in total. The zero-order valence-corrected chi connectivity index (χ0v) is 10.4. The minimum atomic E-state index is -3.07. The minimum absolute atomic E-state index is 0.111. The van der Waals surface area contributed by atoms with Gasteiger partial charge in [-0.25, -0.2) is 12.7 Å². The summed E-state index contributed by atoms with van der Waals surface area (Å²) in [6, 6.07) is 0.